The molecule has 2 aromatic heterocycles. The van der Waals surface area contributed by atoms with E-state index in [0.717, 1.165) is 0 Å². The predicted octanol–water partition coefficient (Wildman–Crippen LogP) is 2.58. The Morgan fingerprint density at radius 3 is 2.47 bits per heavy atom. The fourth-order valence-corrected chi connectivity index (χ4v) is 4.64. The van der Waals surface area contributed by atoms with Gasteiger partial charge in [0.25, 0.3) is 11.1 Å². The van der Waals surface area contributed by atoms with Crippen molar-refractivity contribution in [1.82, 2.24) is 13.7 Å². The van der Waals surface area contributed by atoms with Gasteiger partial charge in [-0.2, -0.15) is 0 Å². The molecule has 0 atom stereocenters. The highest BCUT2D eigenvalue weighted by Gasteiger charge is 2.31. The quantitative estimate of drug-likeness (QED) is 0.359. The average molecular weight is 519 g/mol. The van der Waals surface area contributed by atoms with Crippen molar-refractivity contribution >= 4 is 34.0 Å². The lowest BCUT2D eigenvalue weighted by atomic mass is 10.1. The fourth-order valence-electron chi connectivity index (χ4n) is 4.64. The maximum atomic E-state index is 14.8. The Balaban J connectivity index is 1.88. The number of amides is 1. The number of aromatic nitrogens is 3. The van der Waals surface area contributed by atoms with Crippen molar-refractivity contribution in [2.24, 2.45) is 12.8 Å². The van der Waals surface area contributed by atoms with Crippen LogP contribution in [0.5, 0.6) is 0 Å². The van der Waals surface area contributed by atoms with E-state index in [1.165, 1.54) is 39.8 Å². The van der Waals surface area contributed by atoms with Gasteiger partial charge in [0.2, 0.25) is 5.91 Å². The summed E-state index contributed by atoms with van der Waals surface area (Å²) in [5.74, 6) is -0.900. The third-order valence-electron chi connectivity index (χ3n) is 6.71. The maximum absolute atomic E-state index is 14.8. The zero-order chi connectivity index (χ0) is 27.3. The van der Waals surface area contributed by atoms with Crippen molar-refractivity contribution < 1.29 is 9.18 Å². The van der Waals surface area contributed by atoms with Crippen molar-refractivity contribution in [3.05, 3.63) is 90.6 Å². The molecule has 1 saturated carbocycles. The number of carbonyl (C=O) groups is 1. The zero-order valence-electron chi connectivity index (χ0n) is 21.2. The van der Waals surface area contributed by atoms with E-state index in [1.54, 1.807) is 37.3 Å². The second kappa shape index (κ2) is 9.42. The van der Waals surface area contributed by atoms with Crippen LogP contribution in [-0.2, 0) is 11.8 Å². The second-order valence-corrected chi connectivity index (χ2v) is 9.50. The van der Waals surface area contributed by atoms with Crippen molar-refractivity contribution in [3.8, 4) is 5.69 Å². The molecular formula is C27H27FN6O4. The van der Waals surface area contributed by atoms with E-state index in [1.807, 2.05) is 0 Å². The number of rotatable bonds is 6. The van der Waals surface area contributed by atoms with Crippen LogP contribution >= 0.6 is 0 Å². The van der Waals surface area contributed by atoms with Crippen LogP contribution in [0.25, 0.3) is 16.6 Å². The first-order valence-corrected chi connectivity index (χ1v) is 12.2. The van der Waals surface area contributed by atoms with E-state index in [-0.39, 0.29) is 40.6 Å². The highest BCUT2D eigenvalue weighted by atomic mass is 19.1. The lowest BCUT2D eigenvalue weighted by Gasteiger charge is -2.21. The highest BCUT2D eigenvalue weighted by molar-refractivity contribution is 5.94. The maximum Gasteiger partial charge on any atom is 0.336 e. The minimum Gasteiger partial charge on any atom is -0.338 e. The molecule has 4 N–H and O–H groups in total. The summed E-state index contributed by atoms with van der Waals surface area (Å²) in [6, 6.07) is 10.8. The second-order valence-electron chi connectivity index (χ2n) is 9.50. The van der Waals surface area contributed by atoms with Gasteiger partial charge in [-0.3, -0.25) is 28.1 Å². The molecule has 0 unspecified atom stereocenters. The molecule has 4 aromatic rings. The Labute approximate surface area is 216 Å². The molecule has 0 radical (unpaired) electrons. The summed E-state index contributed by atoms with van der Waals surface area (Å²) in [4.78, 5) is 52.9. The number of pyridine rings is 1. The Kier molecular flexibility index (Phi) is 6.23. The number of nitrogens with one attached hydrogen (secondary N) is 2. The molecule has 1 amide bonds. The predicted molar refractivity (Wildman–Crippen MR) is 144 cm³/mol. The molecule has 0 bridgehead atoms. The van der Waals surface area contributed by atoms with Crippen LogP contribution in [0.15, 0.2) is 56.8 Å². The first kappa shape index (κ1) is 25.2. The molecule has 1 fully saturated rings. The molecule has 38 heavy (non-hydrogen) atoms. The van der Waals surface area contributed by atoms with E-state index < -0.39 is 28.5 Å². The number of hydrogen-bond donors (Lipinski definition) is 3. The summed E-state index contributed by atoms with van der Waals surface area (Å²) in [5.41, 5.74) is 5.60. The van der Waals surface area contributed by atoms with Crippen LogP contribution in [-0.4, -0.2) is 26.2 Å². The number of hydrogen-bond acceptors (Lipinski definition) is 6. The number of nitrogens with zero attached hydrogens (tertiary/aromatic N) is 3. The molecule has 1 aliphatic carbocycles. The van der Waals surface area contributed by atoms with Gasteiger partial charge in [-0.15, -0.1) is 0 Å². The summed E-state index contributed by atoms with van der Waals surface area (Å²) in [6.45, 7) is 3.07. The lowest BCUT2D eigenvalue weighted by molar-refractivity contribution is -0.114. The van der Waals surface area contributed by atoms with Crippen LogP contribution in [0, 0.1) is 19.7 Å². The summed E-state index contributed by atoms with van der Waals surface area (Å²) >= 11 is 0. The topological polar surface area (TPSA) is 133 Å². The molecular weight excluding hydrogens is 491 g/mol. The van der Waals surface area contributed by atoms with Crippen LogP contribution in [0.1, 0.15) is 30.0 Å². The molecule has 0 saturated heterocycles. The van der Waals surface area contributed by atoms with Crippen molar-refractivity contribution in [3.63, 3.8) is 0 Å². The SMILES string of the molecule is Cc1ccc(Nc2c3c(=O)n(C4CC4)c(=O)n(-c4cccc(NC(=O)CN)c4)c3c(C)c(=O)n2C)c(F)c1. The van der Waals surface area contributed by atoms with Gasteiger partial charge < -0.3 is 16.4 Å². The number of benzene rings is 2. The van der Waals surface area contributed by atoms with Crippen molar-refractivity contribution in [2.45, 2.75) is 32.7 Å². The van der Waals surface area contributed by atoms with Crippen LogP contribution < -0.4 is 33.2 Å². The summed E-state index contributed by atoms with van der Waals surface area (Å²) < 4.78 is 18.6. The van der Waals surface area contributed by atoms with Crippen molar-refractivity contribution in [1.29, 1.82) is 0 Å². The van der Waals surface area contributed by atoms with E-state index in [9.17, 15) is 23.6 Å². The van der Waals surface area contributed by atoms with Gasteiger partial charge in [0.1, 0.15) is 17.0 Å². The Morgan fingerprint density at radius 1 is 1.08 bits per heavy atom. The molecule has 5 rings (SSSR count). The molecule has 1 aliphatic rings. The monoisotopic (exact) mass is 518 g/mol. The van der Waals surface area contributed by atoms with Crippen molar-refractivity contribution in [2.75, 3.05) is 17.2 Å². The molecule has 0 aliphatic heterocycles. The Bertz CT molecular complexity index is 1800. The van der Waals surface area contributed by atoms with Gasteiger partial charge in [-0.05, 0) is 62.6 Å². The number of nitrogens with two attached hydrogens (primary N) is 1. The number of fused-ring (bicyclic) bond motifs is 1. The number of anilines is 3. The van der Waals surface area contributed by atoms with Crippen LogP contribution in [0.4, 0.5) is 21.6 Å². The third-order valence-corrected chi connectivity index (χ3v) is 6.71. The van der Waals surface area contributed by atoms with Gasteiger partial charge in [0.05, 0.1) is 23.4 Å². The van der Waals surface area contributed by atoms with E-state index in [0.29, 0.717) is 29.8 Å². The minimum atomic E-state index is -0.601. The summed E-state index contributed by atoms with van der Waals surface area (Å²) in [6.07, 6.45) is 1.32. The van der Waals surface area contributed by atoms with Gasteiger partial charge in [-0.1, -0.05) is 12.1 Å². The smallest absolute Gasteiger partial charge is 0.336 e. The molecule has 11 heteroatoms. The third kappa shape index (κ3) is 4.20. The highest BCUT2D eigenvalue weighted by Crippen LogP contribution is 2.34. The fraction of sp³-hybridized carbons (Fsp3) is 0.259. The minimum absolute atomic E-state index is 0.0686. The lowest BCUT2D eigenvalue weighted by Crippen LogP contribution is -2.41. The van der Waals surface area contributed by atoms with E-state index in [4.69, 9.17) is 5.73 Å². The standard InChI is InChI=1S/C27H27FN6O4/c1-14-7-10-20(19(28)11-14)31-24-22-23(15(2)25(36)32(24)3)33(27(38)34(26(22)37)17-8-9-17)18-6-4-5-16(12-18)30-21(35)13-29/h4-7,10-12,17,31H,8-9,13,29H2,1-3H3,(H,30,35). The largest absolute Gasteiger partial charge is 0.338 e. The Morgan fingerprint density at radius 2 is 1.82 bits per heavy atom. The van der Waals surface area contributed by atoms with E-state index in [2.05, 4.69) is 10.6 Å². The summed E-state index contributed by atoms with van der Waals surface area (Å²) in [7, 11) is 1.49. The van der Waals surface area contributed by atoms with Crippen LogP contribution in [0.3, 0.4) is 0 Å². The normalized spacial score (nSPS) is 13.1. The van der Waals surface area contributed by atoms with Gasteiger partial charge in [-0.25, -0.2) is 9.18 Å². The zero-order valence-corrected chi connectivity index (χ0v) is 21.2. The average Bonchev–Trinajstić information content (AvgIpc) is 3.72. The molecule has 10 nitrogen and oxygen atoms in total. The molecule has 196 valence electrons. The number of carbonyl (C=O) groups excluding carboxylic acids is 1. The first-order valence-electron chi connectivity index (χ1n) is 12.2. The molecule has 2 heterocycles. The number of aryl methyl sites for hydroxylation is 2. The molecule has 2 aromatic carbocycles. The first-order chi connectivity index (χ1) is 18.1. The van der Waals surface area contributed by atoms with E-state index >= 15 is 0 Å². The summed E-state index contributed by atoms with van der Waals surface area (Å²) in [5, 5.41) is 5.67. The van der Waals surface area contributed by atoms with Gasteiger partial charge in [0, 0.05) is 24.3 Å². The number of halogens is 1. The molecule has 0 spiro atoms. The van der Waals surface area contributed by atoms with Gasteiger partial charge >= 0.3 is 5.69 Å². The van der Waals surface area contributed by atoms with Crippen LogP contribution in [0.2, 0.25) is 0 Å². The Hall–Kier alpha value is -4.51. The van der Waals surface area contributed by atoms with Gasteiger partial charge in [0.15, 0.2) is 0 Å².